The van der Waals surface area contributed by atoms with Gasteiger partial charge in [0.15, 0.2) is 0 Å². The van der Waals surface area contributed by atoms with Crippen LogP contribution in [-0.4, -0.2) is 22.2 Å². The Hall–Kier alpha value is -1.62. The minimum atomic E-state index is -0.458. The Bertz CT molecular complexity index is 414. The molecule has 17 heavy (non-hydrogen) atoms. The van der Waals surface area contributed by atoms with Gasteiger partial charge in [-0.05, 0) is 25.8 Å². The zero-order chi connectivity index (χ0) is 13.1. The van der Waals surface area contributed by atoms with Crippen LogP contribution in [-0.2, 0) is 0 Å². The highest BCUT2D eigenvalue weighted by atomic mass is 16.6. The molecule has 0 bridgehead atoms. The van der Waals surface area contributed by atoms with Gasteiger partial charge in [-0.2, -0.15) is 0 Å². The van der Waals surface area contributed by atoms with Crippen molar-refractivity contribution in [3.63, 3.8) is 0 Å². The lowest BCUT2D eigenvalue weighted by Crippen LogP contribution is -2.38. The van der Waals surface area contributed by atoms with E-state index in [1.54, 1.807) is 6.07 Å². The molecule has 0 saturated heterocycles. The van der Waals surface area contributed by atoms with E-state index in [4.69, 9.17) is 0 Å². The molecule has 94 valence electrons. The normalized spacial score (nSPS) is 14.1. The van der Waals surface area contributed by atoms with Crippen LogP contribution in [0.4, 0.5) is 11.4 Å². The second-order valence-electron chi connectivity index (χ2n) is 4.45. The smallest absolute Gasteiger partial charge is 0.271 e. The summed E-state index contributed by atoms with van der Waals surface area (Å²) < 4.78 is 0. The van der Waals surface area contributed by atoms with Gasteiger partial charge >= 0.3 is 0 Å². The molecule has 1 aromatic rings. The lowest BCUT2D eigenvalue weighted by atomic mass is 9.99. The molecule has 0 aliphatic carbocycles. The summed E-state index contributed by atoms with van der Waals surface area (Å²) in [4.78, 5) is 10.3. The third-order valence-corrected chi connectivity index (χ3v) is 3.00. The zero-order valence-corrected chi connectivity index (χ0v) is 10.4. The van der Waals surface area contributed by atoms with Crippen LogP contribution >= 0.6 is 0 Å². The van der Waals surface area contributed by atoms with Gasteiger partial charge in [-0.1, -0.05) is 13.0 Å². The summed E-state index contributed by atoms with van der Waals surface area (Å²) >= 11 is 0. The lowest BCUT2D eigenvalue weighted by Gasteiger charge is -2.29. The first-order valence-electron chi connectivity index (χ1n) is 5.56. The summed E-state index contributed by atoms with van der Waals surface area (Å²) in [5, 5.41) is 23.2. The topological polar surface area (TPSA) is 75.4 Å². The fourth-order valence-electron chi connectivity index (χ4n) is 1.42. The number of rotatable bonds is 5. The maximum Gasteiger partial charge on any atom is 0.271 e. The van der Waals surface area contributed by atoms with E-state index in [-0.39, 0.29) is 12.3 Å². The van der Waals surface area contributed by atoms with E-state index in [1.807, 2.05) is 20.8 Å². The van der Waals surface area contributed by atoms with Crippen molar-refractivity contribution in [2.24, 2.45) is 0 Å². The number of nitro groups is 1. The number of nitrogens with zero attached hydrogens (tertiary/aromatic N) is 1. The van der Waals surface area contributed by atoms with Crippen LogP contribution in [0.1, 0.15) is 25.8 Å². The highest BCUT2D eigenvalue weighted by Gasteiger charge is 2.22. The highest BCUT2D eigenvalue weighted by molar-refractivity contribution is 5.58. The predicted octanol–water partition coefficient (Wildman–Crippen LogP) is 2.48. The quantitative estimate of drug-likeness (QED) is 0.610. The number of non-ortho nitro benzene ring substituents is 1. The van der Waals surface area contributed by atoms with Gasteiger partial charge in [0.25, 0.3) is 5.69 Å². The minimum Gasteiger partial charge on any atom is -0.394 e. The molecule has 0 aliphatic heterocycles. The number of nitro benzene ring substituents is 1. The van der Waals surface area contributed by atoms with Crippen LogP contribution in [0.15, 0.2) is 18.2 Å². The standard InChI is InChI=1S/C12H18N2O3/c1-4-12(3,8-15)13-11-7-10(14(16)17)6-5-9(11)2/h5-7,13,15H,4,8H2,1-3H3. The molecule has 1 rings (SSSR count). The second kappa shape index (κ2) is 5.14. The van der Waals surface area contributed by atoms with Crippen molar-refractivity contribution in [1.29, 1.82) is 0 Å². The Labute approximate surface area is 101 Å². The molecule has 2 N–H and O–H groups in total. The highest BCUT2D eigenvalue weighted by Crippen LogP contribution is 2.25. The number of aliphatic hydroxyl groups excluding tert-OH is 1. The van der Waals surface area contributed by atoms with Crippen molar-refractivity contribution in [3.8, 4) is 0 Å². The third-order valence-electron chi connectivity index (χ3n) is 3.00. The van der Waals surface area contributed by atoms with Gasteiger partial charge in [0, 0.05) is 17.8 Å². The molecule has 0 fully saturated rings. The van der Waals surface area contributed by atoms with Crippen LogP contribution in [0.3, 0.4) is 0 Å². The average Bonchev–Trinajstić information content (AvgIpc) is 2.31. The number of aryl methyl sites for hydroxylation is 1. The van der Waals surface area contributed by atoms with Crippen LogP contribution in [0, 0.1) is 17.0 Å². The van der Waals surface area contributed by atoms with Gasteiger partial charge in [0.05, 0.1) is 17.1 Å². The molecule has 0 spiro atoms. The Balaban J connectivity index is 3.05. The van der Waals surface area contributed by atoms with Crippen molar-refractivity contribution in [1.82, 2.24) is 0 Å². The number of hydrogen-bond donors (Lipinski definition) is 2. The summed E-state index contributed by atoms with van der Waals surface area (Å²) in [6.45, 7) is 5.69. The summed E-state index contributed by atoms with van der Waals surface area (Å²) in [5.74, 6) is 0. The van der Waals surface area contributed by atoms with E-state index in [9.17, 15) is 15.2 Å². The van der Waals surface area contributed by atoms with Gasteiger partial charge in [0.2, 0.25) is 0 Å². The lowest BCUT2D eigenvalue weighted by molar-refractivity contribution is -0.384. The van der Waals surface area contributed by atoms with Crippen molar-refractivity contribution in [2.75, 3.05) is 11.9 Å². The molecule has 5 nitrogen and oxygen atoms in total. The zero-order valence-electron chi connectivity index (χ0n) is 10.4. The molecule has 0 radical (unpaired) electrons. The van der Waals surface area contributed by atoms with Crippen LogP contribution < -0.4 is 5.32 Å². The van der Waals surface area contributed by atoms with Gasteiger partial charge in [-0.15, -0.1) is 0 Å². The van der Waals surface area contributed by atoms with Crippen LogP contribution in [0.2, 0.25) is 0 Å². The number of nitrogens with one attached hydrogen (secondary N) is 1. The van der Waals surface area contributed by atoms with E-state index >= 15 is 0 Å². The van der Waals surface area contributed by atoms with Crippen molar-refractivity contribution in [2.45, 2.75) is 32.7 Å². The first-order chi connectivity index (χ1) is 7.91. The molecule has 0 aromatic heterocycles. The van der Waals surface area contributed by atoms with E-state index in [2.05, 4.69) is 5.32 Å². The van der Waals surface area contributed by atoms with E-state index in [0.29, 0.717) is 5.69 Å². The molecular formula is C12H18N2O3. The second-order valence-corrected chi connectivity index (χ2v) is 4.45. The number of benzene rings is 1. The molecule has 0 saturated carbocycles. The largest absolute Gasteiger partial charge is 0.394 e. The average molecular weight is 238 g/mol. The molecule has 5 heteroatoms. The Kier molecular flexibility index (Phi) is 4.07. The fourth-order valence-corrected chi connectivity index (χ4v) is 1.42. The monoisotopic (exact) mass is 238 g/mol. The van der Waals surface area contributed by atoms with Crippen molar-refractivity contribution < 1.29 is 10.0 Å². The Morgan fingerprint density at radius 2 is 2.18 bits per heavy atom. The molecule has 0 aliphatic rings. The molecule has 0 amide bonds. The first-order valence-corrected chi connectivity index (χ1v) is 5.56. The first kappa shape index (κ1) is 13.4. The predicted molar refractivity (Wildman–Crippen MR) is 67.2 cm³/mol. The van der Waals surface area contributed by atoms with Crippen molar-refractivity contribution in [3.05, 3.63) is 33.9 Å². The molecular weight excluding hydrogens is 220 g/mol. The summed E-state index contributed by atoms with van der Waals surface area (Å²) in [6.07, 6.45) is 0.728. The number of anilines is 1. The van der Waals surface area contributed by atoms with E-state index < -0.39 is 10.5 Å². The van der Waals surface area contributed by atoms with E-state index in [0.717, 1.165) is 12.0 Å². The fraction of sp³-hybridized carbons (Fsp3) is 0.500. The number of aliphatic hydroxyl groups is 1. The summed E-state index contributed by atoms with van der Waals surface area (Å²) in [5.41, 5.74) is 1.20. The minimum absolute atomic E-state index is 0.0222. The van der Waals surface area contributed by atoms with Crippen LogP contribution in [0.5, 0.6) is 0 Å². The maximum atomic E-state index is 10.7. The summed E-state index contributed by atoms with van der Waals surface area (Å²) in [7, 11) is 0. The number of hydrogen-bond acceptors (Lipinski definition) is 4. The van der Waals surface area contributed by atoms with Gasteiger partial charge in [-0.3, -0.25) is 10.1 Å². The molecule has 1 aromatic carbocycles. The van der Waals surface area contributed by atoms with Crippen LogP contribution in [0.25, 0.3) is 0 Å². The van der Waals surface area contributed by atoms with Gasteiger partial charge in [-0.25, -0.2) is 0 Å². The molecule has 1 atom stereocenters. The maximum absolute atomic E-state index is 10.7. The van der Waals surface area contributed by atoms with Crippen molar-refractivity contribution >= 4 is 11.4 Å². The SMILES string of the molecule is CCC(C)(CO)Nc1cc([N+](=O)[O-])ccc1C. The Morgan fingerprint density at radius 3 is 2.65 bits per heavy atom. The molecule has 0 heterocycles. The Morgan fingerprint density at radius 1 is 1.53 bits per heavy atom. The van der Waals surface area contributed by atoms with E-state index in [1.165, 1.54) is 12.1 Å². The van der Waals surface area contributed by atoms with Gasteiger partial charge in [0.1, 0.15) is 0 Å². The summed E-state index contributed by atoms with van der Waals surface area (Å²) in [6, 6.07) is 4.68. The third kappa shape index (κ3) is 3.17. The molecule has 1 unspecified atom stereocenters. The van der Waals surface area contributed by atoms with Gasteiger partial charge < -0.3 is 10.4 Å².